The second kappa shape index (κ2) is 6.89. The molecule has 0 saturated carbocycles. The number of nitrogens with zero attached hydrogens (tertiary/aromatic N) is 3. The Kier molecular flexibility index (Phi) is 5.17. The zero-order valence-electron chi connectivity index (χ0n) is 13.0. The quantitative estimate of drug-likeness (QED) is 0.912. The van der Waals surface area contributed by atoms with E-state index in [9.17, 15) is 4.79 Å². The van der Waals surface area contributed by atoms with E-state index in [2.05, 4.69) is 20.0 Å². The highest BCUT2D eigenvalue weighted by Crippen LogP contribution is 2.18. The van der Waals surface area contributed by atoms with E-state index in [4.69, 9.17) is 4.74 Å². The summed E-state index contributed by atoms with van der Waals surface area (Å²) in [5.41, 5.74) is -0.444. The second-order valence-electron chi connectivity index (χ2n) is 6.41. The number of carbonyl (C=O) groups is 1. The Balaban J connectivity index is 1.74. The van der Waals surface area contributed by atoms with Gasteiger partial charge in [-0.3, -0.25) is 0 Å². The number of nitrogens with one attached hydrogen (secondary N) is 1. The first-order valence-electron chi connectivity index (χ1n) is 7.38. The standard InChI is InChI=1S/C14H24N4O3/c1-14(2,3)21-13(19)18-6-4-5-11(9-18)7-15-8-12-16-10-20-17-12/h10-11,15H,4-9H2,1-3H3. The van der Waals surface area contributed by atoms with Gasteiger partial charge in [0, 0.05) is 19.6 Å². The number of aromatic nitrogens is 2. The summed E-state index contributed by atoms with van der Waals surface area (Å²) in [6.45, 7) is 8.58. The molecule has 1 saturated heterocycles. The van der Waals surface area contributed by atoms with Crippen LogP contribution in [-0.2, 0) is 11.3 Å². The van der Waals surface area contributed by atoms with Crippen LogP contribution in [0.1, 0.15) is 39.4 Å². The van der Waals surface area contributed by atoms with E-state index >= 15 is 0 Å². The van der Waals surface area contributed by atoms with Gasteiger partial charge in [0.1, 0.15) is 5.60 Å². The van der Waals surface area contributed by atoms with Gasteiger partial charge in [-0.05, 0) is 39.5 Å². The lowest BCUT2D eigenvalue weighted by Crippen LogP contribution is -2.45. The van der Waals surface area contributed by atoms with Gasteiger partial charge in [-0.1, -0.05) is 5.16 Å². The van der Waals surface area contributed by atoms with Crippen molar-refractivity contribution in [1.29, 1.82) is 0 Å². The van der Waals surface area contributed by atoms with E-state index in [0.29, 0.717) is 18.3 Å². The van der Waals surface area contributed by atoms with Crippen molar-refractivity contribution < 1.29 is 14.1 Å². The Morgan fingerprint density at radius 3 is 3.05 bits per heavy atom. The third kappa shape index (κ3) is 5.34. The molecule has 0 radical (unpaired) electrons. The molecule has 1 N–H and O–H groups in total. The number of carbonyl (C=O) groups excluding carboxylic acids is 1. The zero-order chi connectivity index (χ0) is 15.3. The van der Waals surface area contributed by atoms with Gasteiger partial charge in [0.05, 0.1) is 6.54 Å². The van der Waals surface area contributed by atoms with Gasteiger partial charge >= 0.3 is 6.09 Å². The van der Waals surface area contributed by atoms with E-state index in [1.807, 2.05) is 20.8 Å². The van der Waals surface area contributed by atoms with Crippen LogP contribution in [0.15, 0.2) is 10.9 Å². The average molecular weight is 296 g/mol. The van der Waals surface area contributed by atoms with Crippen LogP contribution < -0.4 is 5.32 Å². The van der Waals surface area contributed by atoms with Crippen LogP contribution in [0.3, 0.4) is 0 Å². The molecule has 1 aliphatic rings. The first-order valence-corrected chi connectivity index (χ1v) is 7.38. The van der Waals surface area contributed by atoms with Crippen LogP contribution in [-0.4, -0.2) is 46.4 Å². The minimum absolute atomic E-state index is 0.217. The van der Waals surface area contributed by atoms with Gasteiger partial charge in [0.15, 0.2) is 5.82 Å². The highest BCUT2D eigenvalue weighted by Gasteiger charge is 2.27. The van der Waals surface area contributed by atoms with Gasteiger partial charge < -0.3 is 19.5 Å². The molecule has 1 unspecified atom stereocenters. The van der Waals surface area contributed by atoms with Crippen LogP contribution in [0.25, 0.3) is 0 Å². The molecule has 0 spiro atoms. The highest BCUT2D eigenvalue weighted by atomic mass is 16.6. The Hall–Kier alpha value is -1.63. The van der Waals surface area contributed by atoms with E-state index < -0.39 is 5.60 Å². The number of amides is 1. The summed E-state index contributed by atoms with van der Waals surface area (Å²) >= 11 is 0. The molecule has 2 rings (SSSR count). The van der Waals surface area contributed by atoms with Gasteiger partial charge in [-0.25, -0.2) is 4.79 Å². The molecule has 118 valence electrons. The molecular weight excluding hydrogens is 272 g/mol. The number of ether oxygens (including phenoxy) is 1. The molecule has 2 heterocycles. The maximum atomic E-state index is 12.1. The van der Waals surface area contributed by atoms with E-state index in [1.54, 1.807) is 4.90 Å². The third-order valence-electron chi connectivity index (χ3n) is 3.29. The van der Waals surface area contributed by atoms with Crippen molar-refractivity contribution in [3.05, 3.63) is 12.2 Å². The van der Waals surface area contributed by atoms with Gasteiger partial charge in [0.2, 0.25) is 6.39 Å². The fourth-order valence-corrected chi connectivity index (χ4v) is 2.38. The van der Waals surface area contributed by atoms with Crippen molar-refractivity contribution in [1.82, 2.24) is 20.4 Å². The number of likely N-dealkylation sites (tertiary alicyclic amines) is 1. The first-order chi connectivity index (χ1) is 9.94. The fourth-order valence-electron chi connectivity index (χ4n) is 2.38. The van der Waals surface area contributed by atoms with Crippen molar-refractivity contribution in [2.75, 3.05) is 19.6 Å². The molecule has 1 atom stereocenters. The minimum Gasteiger partial charge on any atom is -0.444 e. The van der Waals surface area contributed by atoms with Crippen molar-refractivity contribution in [3.63, 3.8) is 0 Å². The molecule has 21 heavy (non-hydrogen) atoms. The number of hydrogen-bond donors (Lipinski definition) is 1. The topological polar surface area (TPSA) is 80.5 Å². The maximum Gasteiger partial charge on any atom is 0.410 e. The number of hydrogen-bond acceptors (Lipinski definition) is 6. The Bertz CT molecular complexity index is 442. The van der Waals surface area contributed by atoms with E-state index in [1.165, 1.54) is 6.39 Å². The summed E-state index contributed by atoms with van der Waals surface area (Å²) in [7, 11) is 0. The van der Waals surface area contributed by atoms with Crippen molar-refractivity contribution in [3.8, 4) is 0 Å². The molecule has 1 aromatic rings. The summed E-state index contributed by atoms with van der Waals surface area (Å²) in [6, 6.07) is 0. The lowest BCUT2D eigenvalue weighted by Gasteiger charge is -2.34. The summed E-state index contributed by atoms with van der Waals surface area (Å²) in [6.07, 6.45) is 3.22. The van der Waals surface area contributed by atoms with Crippen LogP contribution in [0.4, 0.5) is 4.79 Å². The highest BCUT2D eigenvalue weighted by molar-refractivity contribution is 5.68. The first kappa shape index (κ1) is 15.8. The summed E-state index contributed by atoms with van der Waals surface area (Å²) in [5, 5.41) is 7.05. The second-order valence-corrected chi connectivity index (χ2v) is 6.41. The SMILES string of the molecule is CC(C)(C)OC(=O)N1CCCC(CNCc2ncon2)C1. The molecule has 0 aliphatic carbocycles. The van der Waals surface area contributed by atoms with Gasteiger partial charge in [-0.15, -0.1) is 0 Å². The molecule has 7 heteroatoms. The third-order valence-corrected chi connectivity index (χ3v) is 3.29. The molecule has 1 aromatic heterocycles. The van der Waals surface area contributed by atoms with Crippen molar-refractivity contribution in [2.24, 2.45) is 5.92 Å². The molecule has 0 bridgehead atoms. The monoisotopic (exact) mass is 296 g/mol. The van der Waals surface area contributed by atoms with Crippen LogP contribution in [0.2, 0.25) is 0 Å². The molecule has 0 aromatic carbocycles. The predicted molar refractivity (Wildman–Crippen MR) is 76.5 cm³/mol. The van der Waals surface area contributed by atoms with Crippen molar-refractivity contribution >= 4 is 6.09 Å². The average Bonchev–Trinajstić information content (AvgIpc) is 2.90. The maximum absolute atomic E-state index is 12.1. The van der Waals surface area contributed by atoms with Crippen molar-refractivity contribution in [2.45, 2.75) is 45.8 Å². The van der Waals surface area contributed by atoms with Gasteiger partial charge in [0.25, 0.3) is 0 Å². The normalized spacial score (nSPS) is 19.6. The summed E-state index contributed by atoms with van der Waals surface area (Å²) < 4.78 is 10.1. The fraction of sp³-hybridized carbons (Fsp3) is 0.786. The lowest BCUT2D eigenvalue weighted by molar-refractivity contribution is 0.0166. The molecule has 1 fully saturated rings. The molecule has 7 nitrogen and oxygen atoms in total. The minimum atomic E-state index is -0.444. The number of rotatable bonds is 4. The van der Waals surface area contributed by atoms with Crippen LogP contribution >= 0.6 is 0 Å². The van der Waals surface area contributed by atoms with Crippen LogP contribution in [0, 0.1) is 5.92 Å². The molecule has 1 aliphatic heterocycles. The van der Waals surface area contributed by atoms with E-state index in [-0.39, 0.29) is 6.09 Å². The van der Waals surface area contributed by atoms with E-state index in [0.717, 1.165) is 32.5 Å². The summed E-state index contributed by atoms with van der Waals surface area (Å²) in [4.78, 5) is 17.8. The van der Waals surface area contributed by atoms with Crippen LogP contribution in [0.5, 0.6) is 0 Å². The Morgan fingerprint density at radius 2 is 2.38 bits per heavy atom. The number of piperidine rings is 1. The lowest BCUT2D eigenvalue weighted by atomic mass is 9.98. The largest absolute Gasteiger partial charge is 0.444 e. The molecule has 1 amide bonds. The van der Waals surface area contributed by atoms with Gasteiger partial charge in [-0.2, -0.15) is 4.98 Å². The zero-order valence-corrected chi connectivity index (χ0v) is 13.0. The smallest absolute Gasteiger partial charge is 0.410 e. The Morgan fingerprint density at radius 1 is 1.57 bits per heavy atom. The Labute approximate surface area is 125 Å². The molecular formula is C14H24N4O3. The predicted octanol–water partition coefficient (Wildman–Crippen LogP) is 1.81. The summed E-state index contributed by atoms with van der Waals surface area (Å²) in [5.74, 6) is 1.08.